The Morgan fingerprint density at radius 2 is 1.61 bits per heavy atom. The summed E-state index contributed by atoms with van der Waals surface area (Å²) in [6, 6.07) is 17.0. The first-order valence-corrected chi connectivity index (χ1v) is 11.3. The maximum absolute atomic E-state index is 13.5. The average Bonchev–Trinajstić information content (AvgIpc) is 2.74. The van der Waals surface area contributed by atoms with Crippen LogP contribution in [0.2, 0.25) is 5.02 Å². The second-order valence-corrected chi connectivity index (χ2v) is 9.52. The van der Waals surface area contributed by atoms with E-state index in [9.17, 15) is 18.0 Å². The first kappa shape index (κ1) is 21.1. The number of anilines is 2. The summed E-state index contributed by atoms with van der Waals surface area (Å²) in [6.07, 6.45) is 0. The lowest BCUT2D eigenvalue weighted by atomic mass is 10.1. The summed E-state index contributed by atoms with van der Waals surface area (Å²) in [5.41, 5.74) is 2.26. The highest BCUT2D eigenvalue weighted by molar-refractivity contribution is 7.94. The van der Waals surface area contributed by atoms with E-state index in [1.54, 1.807) is 55.5 Å². The molecule has 2 amide bonds. The molecular weight excluding hydrogens is 436 g/mol. The van der Waals surface area contributed by atoms with Crippen molar-refractivity contribution in [3.63, 3.8) is 0 Å². The fourth-order valence-corrected chi connectivity index (χ4v) is 5.28. The minimum atomic E-state index is -4.15. The molecule has 1 heterocycles. The molecule has 158 valence electrons. The van der Waals surface area contributed by atoms with E-state index < -0.39 is 16.1 Å². The second kappa shape index (κ2) is 7.83. The molecule has 0 saturated heterocycles. The van der Waals surface area contributed by atoms with E-state index in [1.165, 1.54) is 17.0 Å². The fourth-order valence-electron chi connectivity index (χ4n) is 3.51. The number of ketones is 1. The van der Waals surface area contributed by atoms with Crippen LogP contribution in [-0.4, -0.2) is 26.8 Å². The summed E-state index contributed by atoms with van der Waals surface area (Å²) in [5.74, 6) is -0.333. The van der Waals surface area contributed by atoms with Gasteiger partial charge < -0.3 is 0 Å². The molecule has 31 heavy (non-hydrogen) atoms. The summed E-state index contributed by atoms with van der Waals surface area (Å²) < 4.78 is 27.6. The van der Waals surface area contributed by atoms with Crippen LogP contribution in [0.4, 0.5) is 16.2 Å². The van der Waals surface area contributed by atoms with Crippen LogP contribution in [0.5, 0.6) is 0 Å². The molecule has 0 bridgehead atoms. The van der Waals surface area contributed by atoms with Gasteiger partial charge in [-0.05, 0) is 67.4 Å². The summed E-state index contributed by atoms with van der Waals surface area (Å²) in [7, 11) is -4.15. The van der Waals surface area contributed by atoms with E-state index >= 15 is 0 Å². The molecule has 4 rings (SSSR count). The summed E-state index contributed by atoms with van der Waals surface area (Å²) in [6.45, 7) is 3.25. The number of hydrogen-bond donors (Lipinski definition) is 0. The van der Waals surface area contributed by atoms with Crippen molar-refractivity contribution < 1.29 is 18.0 Å². The Labute approximate surface area is 185 Å². The van der Waals surface area contributed by atoms with Gasteiger partial charge in [0.1, 0.15) is 4.90 Å². The second-order valence-electron chi connectivity index (χ2n) is 7.33. The van der Waals surface area contributed by atoms with Gasteiger partial charge in [-0.3, -0.25) is 9.69 Å². The molecule has 0 aromatic heterocycles. The van der Waals surface area contributed by atoms with Crippen LogP contribution in [0.3, 0.4) is 0 Å². The average molecular weight is 455 g/mol. The third-order valence-electron chi connectivity index (χ3n) is 5.13. The highest BCUT2D eigenvalue weighted by atomic mass is 35.5. The first-order valence-electron chi connectivity index (χ1n) is 9.52. The van der Waals surface area contributed by atoms with Crippen LogP contribution < -0.4 is 9.21 Å². The number of carbonyl (C=O) groups excluding carboxylic acids is 2. The van der Waals surface area contributed by atoms with Gasteiger partial charge >= 0.3 is 6.03 Å². The SMILES string of the molecule is Cc1ccc(C)c(N2C(=O)N(CC(=O)c3ccc(Cl)cc3)c3ccccc3S2(=O)=O)c1. The Hall–Kier alpha value is -3.16. The number of carbonyl (C=O) groups is 2. The molecule has 0 saturated carbocycles. The molecule has 1 aliphatic rings. The lowest BCUT2D eigenvalue weighted by Crippen LogP contribution is -2.52. The van der Waals surface area contributed by atoms with Gasteiger partial charge in [-0.2, -0.15) is 4.31 Å². The molecule has 6 nitrogen and oxygen atoms in total. The van der Waals surface area contributed by atoms with Crippen molar-refractivity contribution in [2.45, 2.75) is 18.7 Å². The minimum absolute atomic E-state index is 0.0283. The number of hydrogen-bond acceptors (Lipinski definition) is 4. The van der Waals surface area contributed by atoms with Crippen molar-refractivity contribution in [1.29, 1.82) is 0 Å². The maximum atomic E-state index is 13.5. The van der Waals surface area contributed by atoms with Crippen molar-refractivity contribution in [2.24, 2.45) is 0 Å². The van der Waals surface area contributed by atoms with Gasteiger partial charge in [-0.25, -0.2) is 13.2 Å². The highest BCUT2D eigenvalue weighted by Crippen LogP contribution is 2.38. The predicted molar refractivity (Wildman–Crippen MR) is 121 cm³/mol. The van der Waals surface area contributed by atoms with Gasteiger partial charge in [0.15, 0.2) is 5.78 Å². The van der Waals surface area contributed by atoms with E-state index in [4.69, 9.17) is 11.6 Å². The number of nitrogens with zero attached hydrogens (tertiary/aromatic N) is 2. The van der Waals surface area contributed by atoms with Crippen LogP contribution in [0.1, 0.15) is 21.5 Å². The number of aryl methyl sites for hydroxylation is 2. The van der Waals surface area contributed by atoms with E-state index in [2.05, 4.69) is 0 Å². The normalized spacial score (nSPS) is 15.0. The monoisotopic (exact) mass is 454 g/mol. The van der Waals surface area contributed by atoms with E-state index in [-0.39, 0.29) is 28.6 Å². The van der Waals surface area contributed by atoms with Gasteiger partial charge in [0, 0.05) is 10.6 Å². The Balaban J connectivity index is 1.83. The van der Waals surface area contributed by atoms with Crippen molar-refractivity contribution in [3.8, 4) is 0 Å². The smallest absolute Gasteiger partial charge is 0.292 e. The standard InChI is InChI=1S/C23H19ClN2O4S/c1-15-7-8-16(2)20(13-15)26-23(28)25(14-21(27)17-9-11-18(24)12-10-17)19-5-3-4-6-22(19)31(26,29)30/h3-13H,14H2,1-2H3. The number of benzene rings is 3. The molecule has 1 aliphatic heterocycles. The molecule has 0 N–H and O–H groups in total. The van der Waals surface area contributed by atoms with Crippen LogP contribution in [0.15, 0.2) is 71.6 Å². The third-order valence-corrected chi connectivity index (χ3v) is 7.12. The Morgan fingerprint density at radius 1 is 0.935 bits per heavy atom. The molecule has 8 heteroatoms. The number of halogens is 1. The Bertz CT molecular complexity index is 1300. The van der Waals surface area contributed by atoms with Crippen LogP contribution in [0.25, 0.3) is 0 Å². The number of urea groups is 1. The number of sulfonamides is 1. The molecule has 0 radical (unpaired) electrons. The van der Waals surface area contributed by atoms with Gasteiger partial charge in [0.2, 0.25) is 0 Å². The lowest BCUT2D eigenvalue weighted by Gasteiger charge is -2.36. The van der Waals surface area contributed by atoms with Crippen LogP contribution in [-0.2, 0) is 10.0 Å². The van der Waals surface area contributed by atoms with E-state index in [0.29, 0.717) is 16.1 Å². The number of fused-ring (bicyclic) bond motifs is 1. The van der Waals surface area contributed by atoms with Gasteiger partial charge in [0.25, 0.3) is 10.0 Å². The number of Topliss-reactive ketones (excluding diaryl/α,β-unsaturated/α-hetero) is 1. The van der Waals surface area contributed by atoms with Crippen LogP contribution in [0, 0.1) is 13.8 Å². The molecule has 0 fully saturated rings. The van der Waals surface area contributed by atoms with E-state index in [1.807, 2.05) is 13.0 Å². The highest BCUT2D eigenvalue weighted by Gasteiger charge is 2.43. The van der Waals surface area contributed by atoms with Gasteiger partial charge in [-0.1, -0.05) is 35.9 Å². The summed E-state index contributed by atoms with van der Waals surface area (Å²) in [5, 5.41) is 0.489. The first-order chi connectivity index (χ1) is 14.7. The molecular formula is C23H19ClN2O4S. The number of amides is 2. The zero-order valence-electron chi connectivity index (χ0n) is 16.9. The van der Waals surface area contributed by atoms with Crippen molar-refractivity contribution in [2.75, 3.05) is 15.7 Å². The number of para-hydroxylation sites is 1. The summed E-state index contributed by atoms with van der Waals surface area (Å²) in [4.78, 5) is 27.6. The fraction of sp³-hybridized carbons (Fsp3) is 0.130. The molecule has 0 unspecified atom stereocenters. The minimum Gasteiger partial charge on any atom is -0.292 e. The quantitative estimate of drug-likeness (QED) is 0.521. The van der Waals surface area contributed by atoms with Crippen LogP contribution >= 0.6 is 11.6 Å². The van der Waals surface area contributed by atoms with E-state index in [0.717, 1.165) is 9.87 Å². The Morgan fingerprint density at radius 3 is 2.32 bits per heavy atom. The third kappa shape index (κ3) is 3.71. The largest absolute Gasteiger partial charge is 0.343 e. The van der Waals surface area contributed by atoms with Crippen molar-refractivity contribution >= 4 is 44.8 Å². The van der Waals surface area contributed by atoms with Crippen molar-refractivity contribution in [3.05, 3.63) is 88.4 Å². The molecule has 0 aliphatic carbocycles. The van der Waals surface area contributed by atoms with Gasteiger partial charge in [-0.15, -0.1) is 0 Å². The zero-order valence-corrected chi connectivity index (χ0v) is 18.4. The zero-order chi connectivity index (χ0) is 22.3. The molecule has 3 aromatic rings. The predicted octanol–water partition coefficient (Wildman–Crippen LogP) is 4.98. The Kier molecular flexibility index (Phi) is 5.33. The van der Waals surface area contributed by atoms with Crippen molar-refractivity contribution in [1.82, 2.24) is 0 Å². The molecule has 0 atom stereocenters. The number of rotatable bonds is 4. The molecule has 3 aromatic carbocycles. The van der Waals surface area contributed by atoms with Gasteiger partial charge in [0.05, 0.1) is 17.9 Å². The summed E-state index contributed by atoms with van der Waals surface area (Å²) >= 11 is 5.90. The maximum Gasteiger partial charge on any atom is 0.343 e. The molecule has 0 spiro atoms. The lowest BCUT2D eigenvalue weighted by molar-refractivity contribution is 0.0999. The topological polar surface area (TPSA) is 74.8 Å².